The van der Waals surface area contributed by atoms with E-state index in [4.69, 9.17) is 16.0 Å². The van der Waals surface area contributed by atoms with Gasteiger partial charge in [0.05, 0.1) is 0 Å². The molecule has 2 rings (SSSR count). The van der Waals surface area contributed by atoms with Crippen LogP contribution < -0.4 is 0 Å². The van der Waals surface area contributed by atoms with Crippen molar-refractivity contribution in [2.45, 2.75) is 0 Å². The van der Waals surface area contributed by atoms with Gasteiger partial charge in [0, 0.05) is 10.6 Å². The van der Waals surface area contributed by atoms with Gasteiger partial charge in [0.2, 0.25) is 5.78 Å². The molecule has 1 heterocycles. The molecule has 0 saturated heterocycles. The smallest absolute Gasteiger partial charge is 0.228 e. The van der Waals surface area contributed by atoms with Gasteiger partial charge in [0.25, 0.3) is 0 Å². The molecular formula is C11H6BrClO2. The van der Waals surface area contributed by atoms with Crippen molar-refractivity contribution in [1.82, 2.24) is 0 Å². The first kappa shape index (κ1) is 10.5. The minimum absolute atomic E-state index is 0.155. The van der Waals surface area contributed by atoms with Gasteiger partial charge in [-0.25, -0.2) is 0 Å². The van der Waals surface area contributed by atoms with E-state index >= 15 is 0 Å². The summed E-state index contributed by atoms with van der Waals surface area (Å²) in [7, 11) is 0. The van der Waals surface area contributed by atoms with E-state index in [0.717, 1.165) is 0 Å². The van der Waals surface area contributed by atoms with E-state index in [-0.39, 0.29) is 5.78 Å². The summed E-state index contributed by atoms with van der Waals surface area (Å²) in [4.78, 5) is 11.8. The largest absolute Gasteiger partial charge is 0.446 e. The Kier molecular flexibility index (Phi) is 2.93. The molecule has 1 aromatic heterocycles. The highest BCUT2D eigenvalue weighted by molar-refractivity contribution is 9.10. The number of halogens is 2. The van der Waals surface area contributed by atoms with Crippen molar-refractivity contribution in [3.8, 4) is 0 Å². The van der Waals surface area contributed by atoms with E-state index in [1.165, 1.54) is 0 Å². The predicted molar refractivity (Wildman–Crippen MR) is 61.3 cm³/mol. The summed E-state index contributed by atoms with van der Waals surface area (Å²) in [5.74, 6) is 0.154. The van der Waals surface area contributed by atoms with Crippen molar-refractivity contribution < 1.29 is 9.21 Å². The third-order valence-electron chi connectivity index (χ3n) is 1.90. The highest BCUT2D eigenvalue weighted by atomic mass is 79.9. The van der Waals surface area contributed by atoms with Gasteiger partial charge in [0.1, 0.15) is 0 Å². The van der Waals surface area contributed by atoms with Crippen LogP contribution in [0.4, 0.5) is 0 Å². The van der Waals surface area contributed by atoms with E-state index in [1.54, 1.807) is 36.4 Å². The number of furan rings is 1. The van der Waals surface area contributed by atoms with E-state index < -0.39 is 0 Å². The molecule has 1 aromatic carbocycles. The fourth-order valence-electron chi connectivity index (χ4n) is 1.18. The van der Waals surface area contributed by atoms with Gasteiger partial charge in [-0.05, 0) is 52.3 Å². The molecule has 4 heteroatoms. The van der Waals surface area contributed by atoms with Crippen LogP contribution in [0.15, 0.2) is 45.5 Å². The number of hydrogen-bond acceptors (Lipinski definition) is 2. The van der Waals surface area contributed by atoms with Crippen LogP contribution >= 0.6 is 27.5 Å². The summed E-state index contributed by atoms with van der Waals surface area (Å²) in [6.07, 6.45) is 0. The molecule has 0 saturated carbocycles. The van der Waals surface area contributed by atoms with Gasteiger partial charge in [0.15, 0.2) is 10.4 Å². The Labute approximate surface area is 100.0 Å². The Hall–Kier alpha value is -1.06. The topological polar surface area (TPSA) is 30.2 Å². The molecule has 0 spiro atoms. The Morgan fingerprint density at radius 1 is 1.13 bits per heavy atom. The fraction of sp³-hybridized carbons (Fsp3) is 0. The first-order chi connectivity index (χ1) is 7.16. The maximum Gasteiger partial charge on any atom is 0.228 e. The lowest BCUT2D eigenvalue weighted by Gasteiger charge is -1.97. The van der Waals surface area contributed by atoms with Crippen molar-refractivity contribution in [3.63, 3.8) is 0 Å². The van der Waals surface area contributed by atoms with Crippen LogP contribution in [0.3, 0.4) is 0 Å². The van der Waals surface area contributed by atoms with Crippen molar-refractivity contribution in [3.05, 3.63) is 57.4 Å². The zero-order valence-corrected chi connectivity index (χ0v) is 9.88. The molecule has 0 fully saturated rings. The Morgan fingerprint density at radius 2 is 1.80 bits per heavy atom. The molecule has 2 aromatic rings. The summed E-state index contributed by atoms with van der Waals surface area (Å²) in [6.45, 7) is 0. The van der Waals surface area contributed by atoms with Crippen molar-refractivity contribution in [1.29, 1.82) is 0 Å². The fourth-order valence-corrected chi connectivity index (χ4v) is 1.61. The third kappa shape index (κ3) is 2.30. The van der Waals surface area contributed by atoms with Crippen LogP contribution in [0.2, 0.25) is 5.02 Å². The zero-order chi connectivity index (χ0) is 10.8. The van der Waals surface area contributed by atoms with Crippen molar-refractivity contribution >= 4 is 33.3 Å². The average Bonchev–Trinajstić information content (AvgIpc) is 2.65. The molecule has 2 nitrogen and oxygen atoms in total. The molecule has 76 valence electrons. The minimum Gasteiger partial charge on any atom is -0.446 e. The quantitative estimate of drug-likeness (QED) is 0.783. The van der Waals surface area contributed by atoms with E-state index in [9.17, 15) is 4.79 Å². The van der Waals surface area contributed by atoms with Crippen molar-refractivity contribution in [2.75, 3.05) is 0 Å². The van der Waals surface area contributed by atoms with E-state index in [2.05, 4.69) is 15.9 Å². The van der Waals surface area contributed by atoms with Gasteiger partial charge >= 0.3 is 0 Å². The summed E-state index contributed by atoms with van der Waals surface area (Å²) in [5, 5.41) is 0.604. The Morgan fingerprint density at radius 3 is 2.33 bits per heavy atom. The second-order valence-corrected chi connectivity index (χ2v) is 4.16. The highest BCUT2D eigenvalue weighted by Crippen LogP contribution is 2.18. The summed E-state index contributed by atoms with van der Waals surface area (Å²) >= 11 is 8.87. The maximum atomic E-state index is 11.8. The van der Waals surface area contributed by atoms with Crippen LogP contribution in [0.1, 0.15) is 16.1 Å². The van der Waals surface area contributed by atoms with Gasteiger partial charge in [-0.1, -0.05) is 11.6 Å². The van der Waals surface area contributed by atoms with Crippen LogP contribution in [0, 0.1) is 0 Å². The average molecular weight is 286 g/mol. The normalized spacial score (nSPS) is 10.3. The van der Waals surface area contributed by atoms with Gasteiger partial charge in [-0.15, -0.1) is 0 Å². The second-order valence-electron chi connectivity index (χ2n) is 2.94. The molecule has 0 N–H and O–H groups in total. The summed E-state index contributed by atoms with van der Waals surface area (Å²) in [5.41, 5.74) is 0.557. The lowest BCUT2D eigenvalue weighted by Crippen LogP contribution is -1.98. The monoisotopic (exact) mass is 284 g/mol. The molecule has 0 aliphatic heterocycles. The van der Waals surface area contributed by atoms with Gasteiger partial charge in [-0.2, -0.15) is 0 Å². The number of carbonyl (C=O) groups excluding carboxylic acids is 1. The molecule has 0 atom stereocenters. The number of carbonyl (C=O) groups is 1. The van der Waals surface area contributed by atoms with Crippen LogP contribution in [-0.4, -0.2) is 5.78 Å². The minimum atomic E-state index is -0.155. The molecule has 0 aliphatic rings. The molecule has 0 bridgehead atoms. The molecule has 0 aliphatic carbocycles. The maximum absolute atomic E-state index is 11.8. The lowest BCUT2D eigenvalue weighted by atomic mass is 10.1. The summed E-state index contributed by atoms with van der Waals surface area (Å²) < 4.78 is 5.71. The Bertz CT molecular complexity index is 488. The highest BCUT2D eigenvalue weighted by Gasteiger charge is 2.12. The third-order valence-corrected chi connectivity index (χ3v) is 2.58. The van der Waals surface area contributed by atoms with E-state index in [0.29, 0.717) is 21.0 Å². The predicted octanol–water partition coefficient (Wildman–Crippen LogP) is 3.93. The van der Waals surface area contributed by atoms with Gasteiger partial charge in [-0.3, -0.25) is 4.79 Å². The molecule has 0 amide bonds. The zero-order valence-electron chi connectivity index (χ0n) is 7.54. The molecule has 15 heavy (non-hydrogen) atoms. The SMILES string of the molecule is O=C(c1ccc(Cl)cc1)c1ccc(Br)o1. The Balaban J connectivity index is 2.32. The molecular weight excluding hydrogens is 279 g/mol. The number of ketones is 1. The number of benzene rings is 1. The van der Waals surface area contributed by atoms with Crippen LogP contribution in [0.5, 0.6) is 0 Å². The first-order valence-electron chi connectivity index (χ1n) is 4.22. The van der Waals surface area contributed by atoms with Crippen LogP contribution in [0.25, 0.3) is 0 Å². The number of rotatable bonds is 2. The van der Waals surface area contributed by atoms with Crippen molar-refractivity contribution in [2.24, 2.45) is 0 Å². The molecule has 0 unspecified atom stereocenters. The number of hydrogen-bond donors (Lipinski definition) is 0. The standard InChI is InChI=1S/C11H6BrClO2/c12-10-6-5-9(15-10)11(14)7-1-3-8(13)4-2-7/h1-6H. The molecule has 0 radical (unpaired) electrons. The van der Waals surface area contributed by atoms with Gasteiger partial charge < -0.3 is 4.42 Å². The second kappa shape index (κ2) is 4.21. The summed E-state index contributed by atoms with van der Waals surface area (Å²) in [6, 6.07) is 9.99. The lowest BCUT2D eigenvalue weighted by molar-refractivity contribution is 0.101. The first-order valence-corrected chi connectivity index (χ1v) is 5.39. The van der Waals surface area contributed by atoms with E-state index in [1.807, 2.05) is 0 Å². The van der Waals surface area contributed by atoms with Crippen LogP contribution in [-0.2, 0) is 0 Å².